The standard InChI is InChI=1S/C36H50N4O7/c1-6-25-29-21-40(30(25)22(2)41)33(42)31(35(3)15-17-45-18-16-35)39-34(43)47-36(4)20-23(36)11-9-7-8-10-12-27-32(46-29)38-28-19-24(44-5)13-14-26(28)37-27/h13-14,19,23,25,29-31H,6-12,15-18,20-21H2,1-5H3,(H,39,43)/t23-,25-,29+,30-,31-,36-/m1/s1. The predicted molar refractivity (Wildman–Crippen MR) is 175 cm³/mol. The molecule has 1 N–H and O–H groups in total. The summed E-state index contributed by atoms with van der Waals surface area (Å²) in [6.07, 6.45) is 7.34. The summed E-state index contributed by atoms with van der Waals surface area (Å²) in [4.78, 5) is 53.1. The number of methoxy groups -OCH3 is 1. The largest absolute Gasteiger partial charge is 0.497 e. The number of carbonyl (C=O) groups is 3. The molecule has 11 heteroatoms. The van der Waals surface area contributed by atoms with Gasteiger partial charge in [-0.1, -0.05) is 33.1 Å². The fourth-order valence-corrected chi connectivity index (χ4v) is 8.00. The van der Waals surface area contributed by atoms with Crippen LogP contribution in [0.25, 0.3) is 11.0 Å². The molecule has 256 valence electrons. The molecule has 47 heavy (non-hydrogen) atoms. The molecule has 11 nitrogen and oxygen atoms in total. The predicted octanol–water partition coefficient (Wildman–Crippen LogP) is 5.41. The maximum absolute atomic E-state index is 14.7. The van der Waals surface area contributed by atoms with Crippen LogP contribution in [0.2, 0.25) is 0 Å². The van der Waals surface area contributed by atoms with Gasteiger partial charge in [-0.2, -0.15) is 0 Å². The summed E-state index contributed by atoms with van der Waals surface area (Å²) < 4.78 is 23.8. The Bertz CT molecular complexity index is 1490. The van der Waals surface area contributed by atoms with E-state index in [4.69, 9.17) is 28.9 Å². The highest BCUT2D eigenvalue weighted by atomic mass is 16.6. The van der Waals surface area contributed by atoms with Gasteiger partial charge < -0.3 is 29.2 Å². The Kier molecular flexibility index (Phi) is 9.65. The fourth-order valence-electron chi connectivity index (χ4n) is 8.00. The number of fused-ring (bicyclic) bond motifs is 5. The van der Waals surface area contributed by atoms with E-state index in [1.165, 1.54) is 6.92 Å². The third kappa shape index (κ3) is 6.91. The second-order valence-corrected chi connectivity index (χ2v) is 14.5. The topological polar surface area (TPSA) is 129 Å². The lowest BCUT2D eigenvalue weighted by atomic mass is 9.75. The average Bonchev–Trinajstić information content (AvgIpc) is 3.52. The van der Waals surface area contributed by atoms with Crippen LogP contribution in [-0.4, -0.2) is 83.3 Å². The molecule has 2 bridgehead atoms. The Morgan fingerprint density at radius 2 is 1.85 bits per heavy atom. The minimum absolute atomic E-state index is 0.111. The van der Waals surface area contributed by atoms with Crippen molar-refractivity contribution in [2.75, 3.05) is 26.9 Å². The SMILES string of the molecule is CC[C@@H]1[C@@H]2CN(C(=O)[C@H](C3(C)CCOCC3)NC(=O)O[C@]3(C)C[C@H]3CCCCCCc3nc4ccc(OC)cc4nc3O2)[C@@H]1C(C)=O. The molecule has 4 heterocycles. The molecule has 0 spiro atoms. The summed E-state index contributed by atoms with van der Waals surface area (Å²) in [6.45, 7) is 8.73. The number of carbonyl (C=O) groups excluding carboxylic acids is 3. The van der Waals surface area contributed by atoms with Crippen molar-refractivity contribution >= 4 is 28.8 Å². The van der Waals surface area contributed by atoms with Crippen LogP contribution < -0.4 is 14.8 Å². The second kappa shape index (κ2) is 13.6. The Balaban J connectivity index is 1.38. The maximum Gasteiger partial charge on any atom is 0.408 e. The van der Waals surface area contributed by atoms with E-state index in [1.807, 2.05) is 39.0 Å². The van der Waals surface area contributed by atoms with Gasteiger partial charge in [0.25, 0.3) is 0 Å². The van der Waals surface area contributed by atoms with Crippen molar-refractivity contribution < 1.29 is 33.3 Å². The first-order valence-electron chi connectivity index (χ1n) is 17.4. The molecule has 2 amide bonds. The molecule has 3 fully saturated rings. The monoisotopic (exact) mass is 650 g/mol. The maximum atomic E-state index is 14.7. The highest BCUT2D eigenvalue weighted by Crippen LogP contribution is 2.50. The van der Waals surface area contributed by atoms with Crippen molar-refractivity contribution in [1.29, 1.82) is 0 Å². The molecule has 1 aromatic carbocycles. The summed E-state index contributed by atoms with van der Waals surface area (Å²) in [6, 6.07) is 4.04. The van der Waals surface area contributed by atoms with Gasteiger partial charge in [-0.15, -0.1) is 0 Å². The number of Topliss-reactive ketones (excluding diaryl/α,β-unsaturated/α-hetero) is 1. The molecule has 1 aliphatic carbocycles. The third-order valence-corrected chi connectivity index (χ3v) is 11.2. The van der Waals surface area contributed by atoms with E-state index in [-0.39, 0.29) is 24.2 Å². The number of alkyl carbamates (subject to hydrolysis) is 1. The summed E-state index contributed by atoms with van der Waals surface area (Å²) in [5.41, 5.74) is 1.10. The van der Waals surface area contributed by atoms with Gasteiger partial charge in [0.1, 0.15) is 29.2 Å². The number of hydrogen-bond donors (Lipinski definition) is 1. The summed E-state index contributed by atoms with van der Waals surface area (Å²) in [7, 11) is 1.62. The number of nitrogens with one attached hydrogen (secondary N) is 1. The number of nitrogens with zero attached hydrogens (tertiary/aromatic N) is 3. The van der Waals surface area contributed by atoms with Crippen LogP contribution in [0.4, 0.5) is 4.79 Å². The van der Waals surface area contributed by atoms with Gasteiger partial charge in [-0.05, 0) is 70.9 Å². The number of aryl methyl sites for hydroxylation is 1. The molecular formula is C36H50N4O7. The average molecular weight is 651 g/mol. The van der Waals surface area contributed by atoms with Crippen molar-refractivity contribution in [3.63, 3.8) is 0 Å². The van der Waals surface area contributed by atoms with E-state index in [1.54, 1.807) is 12.0 Å². The van der Waals surface area contributed by atoms with E-state index in [0.29, 0.717) is 62.0 Å². The van der Waals surface area contributed by atoms with E-state index >= 15 is 0 Å². The molecule has 1 aromatic heterocycles. The Morgan fingerprint density at radius 3 is 2.57 bits per heavy atom. The van der Waals surface area contributed by atoms with Crippen LogP contribution >= 0.6 is 0 Å². The lowest BCUT2D eigenvalue weighted by Crippen LogP contribution is -2.59. The summed E-state index contributed by atoms with van der Waals surface area (Å²) in [5, 5.41) is 3.00. The zero-order chi connectivity index (χ0) is 33.3. The zero-order valence-electron chi connectivity index (χ0n) is 28.5. The molecule has 4 aliphatic rings. The van der Waals surface area contributed by atoms with Crippen LogP contribution in [-0.2, 0) is 25.5 Å². The minimum atomic E-state index is -0.886. The first-order chi connectivity index (χ1) is 22.5. The normalized spacial score (nSPS) is 31.6. The van der Waals surface area contributed by atoms with Crippen LogP contribution in [0.3, 0.4) is 0 Å². The Morgan fingerprint density at radius 1 is 1.09 bits per heavy atom. The van der Waals surface area contributed by atoms with Gasteiger partial charge in [-0.25, -0.2) is 14.8 Å². The summed E-state index contributed by atoms with van der Waals surface area (Å²) >= 11 is 0. The van der Waals surface area contributed by atoms with E-state index in [9.17, 15) is 14.4 Å². The van der Waals surface area contributed by atoms with Gasteiger partial charge in [0.2, 0.25) is 11.8 Å². The van der Waals surface area contributed by atoms with Gasteiger partial charge >= 0.3 is 6.09 Å². The molecule has 2 saturated heterocycles. The van der Waals surface area contributed by atoms with Gasteiger partial charge in [-0.3, -0.25) is 9.59 Å². The Hall–Kier alpha value is -3.47. The van der Waals surface area contributed by atoms with Crippen molar-refractivity contribution in [3.8, 4) is 11.6 Å². The van der Waals surface area contributed by atoms with Crippen LogP contribution in [0.1, 0.15) is 91.2 Å². The lowest BCUT2D eigenvalue weighted by molar-refractivity contribution is -0.143. The third-order valence-electron chi connectivity index (χ3n) is 11.2. The molecule has 3 aliphatic heterocycles. The number of ether oxygens (including phenoxy) is 4. The number of rotatable bonds is 4. The second-order valence-electron chi connectivity index (χ2n) is 14.5. The quantitative estimate of drug-likeness (QED) is 0.462. The fraction of sp³-hybridized carbons (Fsp3) is 0.694. The minimum Gasteiger partial charge on any atom is -0.497 e. The van der Waals surface area contributed by atoms with E-state index < -0.39 is 35.3 Å². The van der Waals surface area contributed by atoms with Gasteiger partial charge in [0.15, 0.2) is 5.78 Å². The number of ketones is 1. The number of aromatic nitrogens is 2. The first kappa shape index (κ1) is 33.4. The highest BCUT2D eigenvalue weighted by Gasteiger charge is 2.55. The van der Waals surface area contributed by atoms with Crippen LogP contribution in [0.5, 0.6) is 11.6 Å². The van der Waals surface area contributed by atoms with E-state index in [0.717, 1.165) is 49.7 Å². The lowest BCUT2D eigenvalue weighted by Gasteiger charge is -2.42. The molecule has 0 radical (unpaired) electrons. The van der Waals surface area contributed by atoms with Crippen molar-refractivity contribution in [1.82, 2.24) is 20.2 Å². The van der Waals surface area contributed by atoms with Crippen LogP contribution in [0.15, 0.2) is 18.2 Å². The van der Waals surface area contributed by atoms with Crippen LogP contribution in [0, 0.1) is 17.3 Å². The zero-order valence-corrected chi connectivity index (χ0v) is 28.5. The van der Waals surface area contributed by atoms with Crippen molar-refractivity contribution in [2.24, 2.45) is 17.3 Å². The molecule has 6 rings (SSSR count). The first-order valence-corrected chi connectivity index (χ1v) is 17.4. The molecule has 0 unspecified atom stereocenters. The van der Waals surface area contributed by atoms with E-state index in [2.05, 4.69) is 5.32 Å². The smallest absolute Gasteiger partial charge is 0.408 e. The van der Waals surface area contributed by atoms with Gasteiger partial charge in [0, 0.05) is 36.5 Å². The molecule has 1 saturated carbocycles. The number of benzene rings is 1. The number of hydrogen-bond acceptors (Lipinski definition) is 9. The molecule has 2 aromatic rings. The molecular weight excluding hydrogens is 600 g/mol. The summed E-state index contributed by atoms with van der Waals surface area (Å²) in [5.74, 6) is 0.749. The Labute approximate surface area is 277 Å². The highest BCUT2D eigenvalue weighted by molar-refractivity contribution is 5.93. The van der Waals surface area contributed by atoms with Gasteiger partial charge in [0.05, 0.1) is 30.7 Å². The number of amides is 2. The van der Waals surface area contributed by atoms with Crippen molar-refractivity contribution in [2.45, 2.75) is 116 Å². The molecule has 6 atom stereocenters. The van der Waals surface area contributed by atoms with Crippen molar-refractivity contribution in [3.05, 3.63) is 23.9 Å².